The summed E-state index contributed by atoms with van der Waals surface area (Å²) in [6.07, 6.45) is 5.61. The third-order valence-electron chi connectivity index (χ3n) is 7.81. The van der Waals surface area contributed by atoms with Gasteiger partial charge in [-0.1, -0.05) is 47.9 Å². The number of aryl methyl sites for hydroxylation is 1. The van der Waals surface area contributed by atoms with Crippen LogP contribution in [-0.2, 0) is 21.4 Å². The molecule has 202 valence electrons. The van der Waals surface area contributed by atoms with E-state index in [0.717, 1.165) is 54.6 Å². The van der Waals surface area contributed by atoms with Gasteiger partial charge in [0.25, 0.3) is 0 Å². The molecule has 39 heavy (non-hydrogen) atoms. The van der Waals surface area contributed by atoms with Crippen LogP contribution in [0.4, 0.5) is 0 Å². The van der Waals surface area contributed by atoms with E-state index in [2.05, 4.69) is 24.2 Å². The maximum Gasteiger partial charge on any atom is 1.00 e. The summed E-state index contributed by atoms with van der Waals surface area (Å²) in [6.45, 7) is 6.37. The van der Waals surface area contributed by atoms with Crippen LogP contribution < -0.4 is 34.7 Å². The van der Waals surface area contributed by atoms with Crippen molar-refractivity contribution in [3.63, 3.8) is 0 Å². The second-order valence-corrected chi connectivity index (χ2v) is 12.1. The molecule has 1 atom stereocenters. The fourth-order valence-electron chi connectivity index (χ4n) is 5.65. The van der Waals surface area contributed by atoms with Gasteiger partial charge >= 0.3 is 29.6 Å². The van der Waals surface area contributed by atoms with Gasteiger partial charge in [-0.05, 0) is 80.9 Å². The summed E-state index contributed by atoms with van der Waals surface area (Å²) >= 11 is 6.36. The molecule has 2 aliphatic rings. The van der Waals surface area contributed by atoms with Crippen LogP contribution in [0.5, 0.6) is 0 Å². The Morgan fingerprint density at radius 1 is 1.15 bits per heavy atom. The summed E-state index contributed by atoms with van der Waals surface area (Å²) in [5.41, 5.74) is 4.04. The van der Waals surface area contributed by atoms with E-state index in [-0.39, 0.29) is 72.4 Å². The smallest absolute Gasteiger partial charge is 0.550 e. The maximum absolute atomic E-state index is 13.2. The van der Waals surface area contributed by atoms with E-state index in [1.165, 1.54) is 0 Å². The first-order chi connectivity index (χ1) is 18.1. The molecule has 2 heterocycles. The number of aromatic nitrogens is 2. The molecule has 3 aromatic rings. The molecule has 0 saturated heterocycles. The average molecular weight is 561 g/mol. The number of Topliss-reactive ketones (excluding diaryl/α,β-unsaturated/α-hetero) is 1. The summed E-state index contributed by atoms with van der Waals surface area (Å²) < 4.78 is 11.7. The van der Waals surface area contributed by atoms with E-state index in [1.54, 1.807) is 0 Å². The van der Waals surface area contributed by atoms with Gasteiger partial charge < -0.3 is 18.9 Å². The molecule has 0 amide bonds. The molecule has 0 unspecified atom stereocenters. The van der Waals surface area contributed by atoms with Gasteiger partial charge in [0.1, 0.15) is 11.5 Å². The summed E-state index contributed by atoms with van der Waals surface area (Å²) in [5.74, 6) is 0.690. The van der Waals surface area contributed by atoms with Crippen molar-refractivity contribution in [3.05, 3.63) is 57.4 Å². The van der Waals surface area contributed by atoms with Crippen LogP contribution >= 0.6 is 11.6 Å². The Balaban J connectivity index is 0.00000353. The van der Waals surface area contributed by atoms with Crippen molar-refractivity contribution in [2.45, 2.75) is 95.8 Å². The zero-order valence-electron chi connectivity index (χ0n) is 23.2. The van der Waals surface area contributed by atoms with Crippen molar-refractivity contribution < 1.29 is 53.3 Å². The molecule has 7 nitrogen and oxygen atoms in total. The quantitative estimate of drug-likeness (QED) is 0.296. The number of carbonyl (C=O) groups excluding carboxylic acids is 2. The van der Waals surface area contributed by atoms with Gasteiger partial charge in [0.2, 0.25) is 0 Å². The molecule has 1 aromatic carbocycles. The molecule has 0 bridgehead atoms. The standard InChI is InChI=1S/C30H35ClN2O5.Na/c1-17(2)16-30(10-11-30)25-15-24(32-37-25)29-27(19-6-7-19)28(33-38-29)21(8-9-26(35)36)14-22(34)13-20-5-4-18(3)12-23(20)31;/h4-5,12,15,17,19,21H,6-11,13-14,16H2,1-3H3,(H,35,36);/q;+1/p-1/t21-;/m0./s1. The number of rotatable bonds is 13. The van der Waals surface area contributed by atoms with Crippen LogP contribution in [-0.4, -0.2) is 22.1 Å². The van der Waals surface area contributed by atoms with Gasteiger partial charge in [0.15, 0.2) is 11.5 Å². The minimum atomic E-state index is -1.15. The van der Waals surface area contributed by atoms with E-state index < -0.39 is 11.9 Å². The topological polar surface area (TPSA) is 109 Å². The number of carbonyl (C=O) groups is 2. The van der Waals surface area contributed by atoms with Crippen LogP contribution in [0, 0.1) is 12.8 Å². The number of nitrogens with zero attached hydrogens (tertiary/aromatic N) is 2. The number of ketones is 1. The zero-order chi connectivity index (χ0) is 27.0. The first-order valence-corrected chi connectivity index (χ1v) is 14.0. The minimum Gasteiger partial charge on any atom is -0.550 e. The number of carboxylic acids is 1. The Bertz CT molecular complexity index is 1340. The molecular weight excluding hydrogens is 527 g/mol. The van der Waals surface area contributed by atoms with Crippen LogP contribution in [0.15, 0.2) is 33.3 Å². The zero-order valence-corrected chi connectivity index (χ0v) is 26.0. The first-order valence-electron chi connectivity index (χ1n) is 13.6. The first kappa shape index (κ1) is 30.0. The number of aliphatic carboxylic acids is 1. The second kappa shape index (κ2) is 12.3. The Morgan fingerprint density at radius 3 is 2.51 bits per heavy atom. The summed E-state index contributed by atoms with van der Waals surface area (Å²) in [5, 5.41) is 20.7. The Labute approximate surface area is 256 Å². The Morgan fingerprint density at radius 2 is 1.90 bits per heavy atom. The van der Waals surface area contributed by atoms with E-state index in [1.807, 2.05) is 31.2 Å². The van der Waals surface area contributed by atoms with Crippen LogP contribution in [0.1, 0.15) is 105 Å². The van der Waals surface area contributed by atoms with Crippen molar-refractivity contribution in [2.24, 2.45) is 5.92 Å². The van der Waals surface area contributed by atoms with Crippen molar-refractivity contribution in [1.82, 2.24) is 10.3 Å². The predicted molar refractivity (Wildman–Crippen MR) is 141 cm³/mol. The third kappa shape index (κ3) is 7.05. The SMILES string of the molecule is Cc1ccc(CC(=O)C[C@H](CCC(=O)[O-])c2noc(-c3cc(C4(CC(C)C)CC4)on3)c2C2CC2)c(Cl)c1.[Na+]. The summed E-state index contributed by atoms with van der Waals surface area (Å²) in [6, 6.07) is 7.61. The molecular formula is C30H34ClN2NaO5. The molecule has 5 rings (SSSR count). The maximum atomic E-state index is 13.2. The Kier molecular flexibility index (Phi) is 9.47. The number of halogens is 1. The van der Waals surface area contributed by atoms with Gasteiger partial charge in [-0.2, -0.15) is 0 Å². The fourth-order valence-corrected chi connectivity index (χ4v) is 5.96. The van der Waals surface area contributed by atoms with Gasteiger partial charge in [-0.25, -0.2) is 0 Å². The number of hydrogen-bond acceptors (Lipinski definition) is 7. The number of hydrogen-bond donors (Lipinski definition) is 0. The third-order valence-corrected chi connectivity index (χ3v) is 8.17. The average Bonchev–Trinajstić information content (AvgIpc) is 3.74. The second-order valence-electron chi connectivity index (χ2n) is 11.7. The van der Waals surface area contributed by atoms with E-state index in [4.69, 9.17) is 20.6 Å². The number of benzene rings is 1. The largest absolute Gasteiger partial charge is 1.00 e. The molecule has 0 radical (unpaired) electrons. The molecule has 2 saturated carbocycles. The van der Waals surface area contributed by atoms with Crippen LogP contribution in [0.2, 0.25) is 5.02 Å². The molecule has 2 aliphatic carbocycles. The molecule has 0 aliphatic heterocycles. The van der Waals surface area contributed by atoms with Crippen molar-refractivity contribution >= 4 is 23.4 Å². The minimum absolute atomic E-state index is 0. The predicted octanol–water partition coefficient (Wildman–Crippen LogP) is 3.07. The van der Waals surface area contributed by atoms with E-state index in [0.29, 0.717) is 28.1 Å². The van der Waals surface area contributed by atoms with Crippen LogP contribution in [0.3, 0.4) is 0 Å². The van der Waals surface area contributed by atoms with Gasteiger partial charge in [-0.15, -0.1) is 0 Å². The normalized spacial score (nSPS) is 16.6. The molecule has 2 aromatic heterocycles. The molecule has 0 spiro atoms. The van der Waals surface area contributed by atoms with Crippen LogP contribution in [0.25, 0.3) is 11.5 Å². The van der Waals surface area contributed by atoms with E-state index >= 15 is 0 Å². The van der Waals surface area contributed by atoms with Gasteiger partial charge in [-0.3, -0.25) is 4.79 Å². The molecule has 2 fully saturated rings. The molecule has 0 N–H and O–H groups in total. The Hall–Kier alpha value is -1.93. The summed E-state index contributed by atoms with van der Waals surface area (Å²) in [7, 11) is 0. The van der Waals surface area contributed by atoms with E-state index in [9.17, 15) is 14.7 Å². The summed E-state index contributed by atoms with van der Waals surface area (Å²) in [4.78, 5) is 24.5. The van der Waals surface area contributed by atoms with Crippen molar-refractivity contribution in [1.29, 1.82) is 0 Å². The van der Waals surface area contributed by atoms with Gasteiger partial charge in [0.05, 0.1) is 5.69 Å². The molecule has 9 heteroatoms. The fraction of sp³-hybridized carbons (Fsp3) is 0.533. The van der Waals surface area contributed by atoms with Crippen molar-refractivity contribution in [3.8, 4) is 11.5 Å². The van der Waals surface area contributed by atoms with Gasteiger partial charge in [0, 0.05) is 46.8 Å². The van der Waals surface area contributed by atoms with Crippen molar-refractivity contribution in [2.75, 3.05) is 0 Å². The monoisotopic (exact) mass is 560 g/mol. The number of carboxylic acid groups (broad SMARTS) is 1.